The highest BCUT2D eigenvalue weighted by atomic mass is 16.5. The lowest BCUT2D eigenvalue weighted by Crippen LogP contribution is -2.55. The van der Waals surface area contributed by atoms with E-state index in [4.69, 9.17) is 14.2 Å². The Morgan fingerprint density at radius 2 is 1.70 bits per heavy atom. The van der Waals surface area contributed by atoms with Crippen molar-refractivity contribution in [1.29, 1.82) is 0 Å². The number of amides is 1. The van der Waals surface area contributed by atoms with Crippen LogP contribution in [0.15, 0.2) is 12.1 Å². The zero-order valence-corrected chi connectivity index (χ0v) is 11.6. The largest absolute Gasteiger partial charge is 0.493 e. The number of rotatable bonds is 2. The predicted molar refractivity (Wildman–Crippen MR) is 74.6 cm³/mol. The predicted octanol–water partition coefficient (Wildman–Crippen LogP) is 1.62. The second-order valence-corrected chi connectivity index (χ2v) is 5.03. The lowest BCUT2D eigenvalue weighted by molar-refractivity contribution is -0.123. The first-order valence-corrected chi connectivity index (χ1v) is 6.62. The van der Waals surface area contributed by atoms with Crippen molar-refractivity contribution in [1.82, 2.24) is 0 Å². The Labute approximate surface area is 117 Å². The molecule has 1 spiro atoms. The molecule has 0 bridgehead atoms. The molecule has 0 radical (unpaired) electrons. The molecule has 0 unspecified atom stereocenters. The van der Waals surface area contributed by atoms with Crippen LogP contribution in [-0.4, -0.2) is 38.9 Å². The van der Waals surface area contributed by atoms with Crippen molar-refractivity contribution in [2.45, 2.75) is 18.4 Å². The summed E-state index contributed by atoms with van der Waals surface area (Å²) in [4.78, 5) is 12.4. The minimum Gasteiger partial charge on any atom is -0.493 e. The fourth-order valence-electron chi connectivity index (χ4n) is 2.71. The van der Waals surface area contributed by atoms with E-state index in [0.717, 1.165) is 5.69 Å². The van der Waals surface area contributed by atoms with Crippen LogP contribution in [-0.2, 0) is 9.53 Å². The molecule has 0 saturated carbocycles. The normalized spacial score (nSPS) is 19.8. The third-order valence-electron chi connectivity index (χ3n) is 3.93. The number of hydrogen-bond donors (Lipinski definition) is 2. The van der Waals surface area contributed by atoms with Gasteiger partial charge in [-0.2, -0.15) is 0 Å². The molecule has 6 nitrogen and oxygen atoms in total. The Hall–Kier alpha value is -1.95. The molecule has 1 aromatic rings. The fourth-order valence-corrected chi connectivity index (χ4v) is 2.71. The number of methoxy groups -OCH3 is 2. The monoisotopic (exact) mass is 278 g/mol. The van der Waals surface area contributed by atoms with Gasteiger partial charge in [0, 0.05) is 38.2 Å². The van der Waals surface area contributed by atoms with E-state index in [9.17, 15) is 4.79 Å². The van der Waals surface area contributed by atoms with Gasteiger partial charge in [0.15, 0.2) is 11.5 Å². The molecule has 0 aliphatic carbocycles. The number of carbonyl (C=O) groups excluding carboxylic acids is 1. The molecule has 1 saturated heterocycles. The second kappa shape index (κ2) is 4.86. The second-order valence-electron chi connectivity index (χ2n) is 5.03. The van der Waals surface area contributed by atoms with Gasteiger partial charge in [-0.1, -0.05) is 0 Å². The first kappa shape index (κ1) is 13.1. The van der Waals surface area contributed by atoms with Crippen LogP contribution in [0.5, 0.6) is 11.5 Å². The molecule has 1 aromatic carbocycles. The lowest BCUT2D eigenvalue weighted by atomic mass is 9.86. The van der Waals surface area contributed by atoms with Gasteiger partial charge >= 0.3 is 0 Å². The Morgan fingerprint density at radius 1 is 1.10 bits per heavy atom. The van der Waals surface area contributed by atoms with Gasteiger partial charge in [-0.3, -0.25) is 4.79 Å². The smallest absolute Gasteiger partial charge is 0.250 e. The number of benzene rings is 1. The van der Waals surface area contributed by atoms with Crippen LogP contribution >= 0.6 is 0 Å². The van der Waals surface area contributed by atoms with Crippen molar-refractivity contribution in [3.8, 4) is 11.5 Å². The highest BCUT2D eigenvalue weighted by Gasteiger charge is 2.43. The fraction of sp³-hybridized carbons (Fsp3) is 0.500. The highest BCUT2D eigenvalue weighted by molar-refractivity contribution is 6.06. The molecule has 2 aliphatic rings. The number of anilines is 2. The van der Waals surface area contributed by atoms with E-state index < -0.39 is 5.54 Å². The molecule has 0 aromatic heterocycles. The van der Waals surface area contributed by atoms with Crippen LogP contribution in [0.2, 0.25) is 0 Å². The molecule has 6 heteroatoms. The van der Waals surface area contributed by atoms with Crippen molar-refractivity contribution in [2.75, 3.05) is 38.1 Å². The molecular formula is C14H18N2O4. The summed E-state index contributed by atoms with van der Waals surface area (Å²) in [6, 6.07) is 3.62. The van der Waals surface area contributed by atoms with Crippen LogP contribution in [0.3, 0.4) is 0 Å². The summed E-state index contributed by atoms with van der Waals surface area (Å²) in [7, 11) is 3.16. The first-order chi connectivity index (χ1) is 9.68. The number of ether oxygens (including phenoxy) is 3. The van der Waals surface area contributed by atoms with Crippen LogP contribution in [0.25, 0.3) is 0 Å². The highest BCUT2D eigenvalue weighted by Crippen LogP contribution is 2.42. The van der Waals surface area contributed by atoms with Gasteiger partial charge < -0.3 is 24.8 Å². The van der Waals surface area contributed by atoms with E-state index in [-0.39, 0.29) is 5.91 Å². The minimum atomic E-state index is -0.579. The van der Waals surface area contributed by atoms with Gasteiger partial charge in [0.2, 0.25) is 5.91 Å². The summed E-state index contributed by atoms with van der Waals surface area (Å²) in [5.74, 6) is 1.22. The summed E-state index contributed by atoms with van der Waals surface area (Å²) < 4.78 is 15.9. The van der Waals surface area contributed by atoms with Crippen LogP contribution < -0.4 is 20.1 Å². The Morgan fingerprint density at radius 3 is 2.30 bits per heavy atom. The quantitative estimate of drug-likeness (QED) is 0.860. The van der Waals surface area contributed by atoms with E-state index >= 15 is 0 Å². The summed E-state index contributed by atoms with van der Waals surface area (Å²) in [5, 5.41) is 6.31. The molecule has 20 heavy (non-hydrogen) atoms. The van der Waals surface area contributed by atoms with Gasteiger partial charge in [0.1, 0.15) is 5.54 Å². The Bertz CT molecular complexity index is 538. The van der Waals surface area contributed by atoms with Crippen molar-refractivity contribution < 1.29 is 19.0 Å². The molecular weight excluding hydrogens is 260 g/mol. The first-order valence-electron chi connectivity index (χ1n) is 6.62. The van der Waals surface area contributed by atoms with E-state index in [1.165, 1.54) is 0 Å². The lowest BCUT2D eigenvalue weighted by Gasteiger charge is -2.41. The third-order valence-corrected chi connectivity index (χ3v) is 3.93. The van der Waals surface area contributed by atoms with Gasteiger partial charge in [0.25, 0.3) is 0 Å². The Kier molecular flexibility index (Phi) is 3.17. The third kappa shape index (κ3) is 1.96. The maximum Gasteiger partial charge on any atom is 0.250 e. The van der Waals surface area contributed by atoms with Gasteiger partial charge in [-0.05, 0) is 0 Å². The maximum atomic E-state index is 12.4. The summed E-state index contributed by atoms with van der Waals surface area (Å²) in [5.41, 5.74) is 0.985. The van der Waals surface area contributed by atoms with Gasteiger partial charge in [0.05, 0.1) is 25.6 Å². The molecule has 1 fully saturated rings. The Balaban J connectivity index is 1.99. The molecule has 2 aliphatic heterocycles. The average Bonchev–Trinajstić information content (AvgIpc) is 2.48. The molecule has 108 valence electrons. The molecule has 3 rings (SSSR count). The molecule has 1 amide bonds. The van der Waals surface area contributed by atoms with E-state index in [1.54, 1.807) is 20.3 Å². The van der Waals surface area contributed by atoms with E-state index in [2.05, 4.69) is 10.6 Å². The van der Waals surface area contributed by atoms with E-state index in [0.29, 0.717) is 43.2 Å². The summed E-state index contributed by atoms with van der Waals surface area (Å²) in [6.07, 6.45) is 1.32. The van der Waals surface area contributed by atoms with Crippen molar-refractivity contribution in [3.05, 3.63) is 12.1 Å². The zero-order valence-electron chi connectivity index (χ0n) is 11.6. The number of carbonyl (C=O) groups is 1. The van der Waals surface area contributed by atoms with Crippen LogP contribution in [0, 0.1) is 0 Å². The molecule has 0 atom stereocenters. The van der Waals surface area contributed by atoms with Crippen molar-refractivity contribution in [2.24, 2.45) is 0 Å². The van der Waals surface area contributed by atoms with Crippen LogP contribution in [0.4, 0.5) is 11.4 Å². The molecule has 2 heterocycles. The van der Waals surface area contributed by atoms with Crippen LogP contribution in [0.1, 0.15) is 12.8 Å². The summed E-state index contributed by atoms with van der Waals surface area (Å²) >= 11 is 0. The maximum absolute atomic E-state index is 12.4. The SMILES string of the molecule is COc1cc2c(cc1OC)NC1(CCOCC1)C(=O)N2. The van der Waals surface area contributed by atoms with E-state index in [1.807, 2.05) is 6.07 Å². The number of nitrogens with one attached hydrogen (secondary N) is 2. The number of hydrogen-bond acceptors (Lipinski definition) is 5. The average molecular weight is 278 g/mol. The minimum absolute atomic E-state index is 0.0134. The van der Waals surface area contributed by atoms with Crippen molar-refractivity contribution >= 4 is 17.3 Å². The zero-order chi connectivity index (χ0) is 14.2. The molecule has 2 N–H and O–H groups in total. The standard InChI is InChI=1S/C14H18N2O4/c1-18-11-7-9-10(8-12(11)19-2)16-14(13(17)15-9)3-5-20-6-4-14/h7-8,16H,3-6H2,1-2H3,(H,15,17). The topological polar surface area (TPSA) is 68.8 Å². The number of fused-ring (bicyclic) bond motifs is 1. The van der Waals surface area contributed by atoms with Gasteiger partial charge in [-0.15, -0.1) is 0 Å². The summed E-state index contributed by atoms with van der Waals surface area (Å²) in [6.45, 7) is 1.17. The van der Waals surface area contributed by atoms with Gasteiger partial charge in [-0.25, -0.2) is 0 Å². The van der Waals surface area contributed by atoms with Crippen molar-refractivity contribution in [3.63, 3.8) is 0 Å².